The van der Waals surface area contributed by atoms with Crippen LogP contribution in [-0.4, -0.2) is 16.9 Å². The Morgan fingerprint density at radius 1 is 1.38 bits per heavy atom. The summed E-state index contributed by atoms with van der Waals surface area (Å²) in [6.45, 7) is 0.111. The van der Waals surface area contributed by atoms with Crippen LogP contribution in [0.5, 0.6) is 0 Å². The van der Waals surface area contributed by atoms with Crippen LogP contribution < -0.4 is 0 Å². The van der Waals surface area contributed by atoms with Crippen molar-refractivity contribution in [2.45, 2.75) is 12.5 Å². The van der Waals surface area contributed by atoms with Crippen LogP contribution in [0.3, 0.4) is 0 Å². The molecular weight excluding hydrogens is 182 g/mol. The van der Waals surface area contributed by atoms with Crippen LogP contribution in [0.1, 0.15) is 18.0 Å². The number of thiocarbonyl (C=S) groups is 1. The monoisotopic (exact) mass is 193 g/mol. The molecule has 0 fully saturated rings. The van der Waals surface area contributed by atoms with Gasteiger partial charge in [0.25, 0.3) is 0 Å². The zero-order valence-electron chi connectivity index (χ0n) is 7.18. The summed E-state index contributed by atoms with van der Waals surface area (Å²) < 4.78 is 0. The van der Waals surface area contributed by atoms with Crippen LogP contribution in [0.15, 0.2) is 35.3 Å². The second kappa shape index (κ2) is 5.60. The molecule has 0 heterocycles. The molecule has 0 saturated carbocycles. The molecule has 1 aromatic carbocycles. The van der Waals surface area contributed by atoms with Crippen LogP contribution in [-0.2, 0) is 0 Å². The highest BCUT2D eigenvalue weighted by Gasteiger charge is 2.07. The van der Waals surface area contributed by atoms with Crippen molar-refractivity contribution in [1.29, 1.82) is 0 Å². The number of benzene rings is 1. The summed E-state index contributed by atoms with van der Waals surface area (Å²) in [5.41, 5.74) is 1.06. The molecule has 0 spiro atoms. The molecule has 0 aliphatic heterocycles. The van der Waals surface area contributed by atoms with Crippen molar-refractivity contribution in [2.24, 2.45) is 4.99 Å². The average Bonchev–Trinajstić information content (AvgIpc) is 2.19. The van der Waals surface area contributed by atoms with Gasteiger partial charge in [-0.25, -0.2) is 4.99 Å². The SMILES string of the molecule is OCCC(N=C=S)c1ccccc1. The van der Waals surface area contributed by atoms with E-state index in [4.69, 9.17) is 5.11 Å². The summed E-state index contributed by atoms with van der Waals surface area (Å²) in [6.07, 6.45) is 0.591. The molecule has 13 heavy (non-hydrogen) atoms. The largest absolute Gasteiger partial charge is 0.396 e. The molecule has 1 N–H and O–H groups in total. The third kappa shape index (κ3) is 3.07. The minimum Gasteiger partial charge on any atom is -0.396 e. The number of rotatable bonds is 4. The number of isothiocyanates is 1. The maximum Gasteiger partial charge on any atom is 0.0874 e. The topological polar surface area (TPSA) is 32.6 Å². The van der Waals surface area contributed by atoms with E-state index in [9.17, 15) is 0 Å². The Bertz CT molecular complexity index is 293. The van der Waals surface area contributed by atoms with Gasteiger partial charge in [-0.1, -0.05) is 30.3 Å². The Balaban J connectivity index is 2.81. The van der Waals surface area contributed by atoms with E-state index in [0.717, 1.165) is 5.56 Å². The lowest BCUT2D eigenvalue weighted by atomic mass is 10.1. The first-order valence-electron chi connectivity index (χ1n) is 4.11. The van der Waals surface area contributed by atoms with Crippen LogP contribution in [0.4, 0.5) is 0 Å². The van der Waals surface area contributed by atoms with E-state index in [1.807, 2.05) is 30.3 Å². The second-order valence-corrected chi connectivity index (χ2v) is 2.84. The van der Waals surface area contributed by atoms with Crippen LogP contribution in [0.25, 0.3) is 0 Å². The number of aliphatic imine (C=N–C) groups is 1. The molecule has 0 aromatic heterocycles. The Morgan fingerprint density at radius 2 is 2.08 bits per heavy atom. The number of aliphatic hydroxyl groups is 1. The normalized spacial score (nSPS) is 11.8. The summed E-state index contributed by atoms with van der Waals surface area (Å²) in [6, 6.07) is 9.72. The zero-order valence-corrected chi connectivity index (χ0v) is 8.00. The Kier molecular flexibility index (Phi) is 4.33. The number of nitrogens with zero attached hydrogens (tertiary/aromatic N) is 1. The van der Waals surface area contributed by atoms with E-state index >= 15 is 0 Å². The van der Waals surface area contributed by atoms with Gasteiger partial charge in [0.1, 0.15) is 0 Å². The second-order valence-electron chi connectivity index (χ2n) is 2.66. The first kappa shape index (κ1) is 10.1. The predicted octanol–water partition coefficient (Wildman–Crippen LogP) is 2.21. The van der Waals surface area contributed by atoms with Crippen molar-refractivity contribution in [3.05, 3.63) is 35.9 Å². The van der Waals surface area contributed by atoms with E-state index in [-0.39, 0.29) is 12.6 Å². The molecule has 68 valence electrons. The summed E-state index contributed by atoms with van der Waals surface area (Å²) in [5, 5.41) is 11.2. The molecule has 3 heteroatoms. The fraction of sp³-hybridized carbons (Fsp3) is 0.300. The van der Waals surface area contributed by atoms with Crippen LogP contribution in [0, 0.1) is 0 Å². The summed E-state index contributed by atoms with van der Waals surface area (Å²) in [5.74, 6) is 0. The first-order chi connectivity index (χ1) is 6.38. The fourth-order valence-corrected chi connectivity index (χ4v) is 1.29. The molecule has 0 aliphatic carbocycles. The first-order valence-corrected chi connectivity index (χ1v) is 4.52. The van der Waals surface area contributed by atoms with E-state index in [1.54, 1.807) is 0 Å². The quantitative estimate of drug-likeness (QED) is 0.587. The number of hydrogen-bond acceptors (Lipinski definition) is 3. The highest BCUT2D eigenvalue weighted by Crippen LogP contribution is 2.19. The van der Waals surface area contributed by atoms with Gasteiger partial charge in [0, 0.05) is 6.61 Å². The van der Waals surface area contributed by atoms with Gasteiger partial charge in [-0.2, -0.15) is 0 Å². The standard InChI is InChI=1S/C10H11NOS/c12-7-6-10(11-8-13)9-4-2-1-3-5-9/h1-5,10,12H,6-7H2. The smallest absolute Gasteiger partial charge is 0.0874 e. The number of aliphatic hydroxyl groups excluding tert-OH is 1. The van der Waals surface area contributed by atoms with Gasteiger partial charge >= 0.3 is 0 Å². The number of hydrogen-bond donors (Lipinski definition) is 1. The minimum absolute atomic E-state index is 0.0521. The maximum absolute atomic E-state index is 8.80. The van der Waals surface area contributed by atoms with E-state index in [0.29, 0.717) is 6.42 Å². The minimum atomic E-state index is -0.0521. The highest BCUT2D eigenvalue weighted by atomic mass is 32.1. The highest BCUT2D eigenvalue weighted by molar-refractivity contribution is 7.78. The van der Waals surface area contributed by atoms with Gasteiger partial charge in [-0.15, -0.1) is 0 Å². The summed E-state index contributed by atoms with van der Waals surface area (Å²) in [4.78, 5) is 3.99. The van der Waals surface area contributed by atoms with Crippen molar-refractivity contribution in [3.8, 4) is 0 Å². The summed E-state index contributed by atoms with van der Waals surface area (Å²) in [7, 11) is 0. The lowest BCUT2D eigenvalue weighted by Gasteiger charge is -2.08. The van der Waals surface area contributed by atoms with E-state index < -0.39 is 0 Å². The van der Waals surface area contributed by atoms with Crippen molar-refractivity contribution in [2.75, 3.05) is 6.61 Å². The zero-order chi connectivity index (χ0) is 9.52. The maximum atomic E-state index is 8.80. The molecule has 1 atom stereocenters. The van der Waals surface area contributed by atoms with Gasteiger partial charge < -0.3 is 5.11 Å². The van der Waals surface area contributed by atoms with Crippen LogP contribution in [0.2, 0.25) is 0 Å². The molecule has 0 saturated heterocycles. The molecule has 0 bridgehead atoms. The summed E-state index contributed by atoms with van der Waals surface area (Å²) >= 11 is 4.54. The molecule has 1 unspecified atom stereocenters. The third-order valence-corrected chi connectivity index (χ3v) is 1.90. The van der Waals surface area contributed by atoms with Crippen molar-refractivity contribution >= 4 is 17.4 Å². The van der Waals surface area contributed by atoms with Crippen molar-refractivity contribution in [3.63, 3.8) is 0 Å². The van der Waals surface area contributed by atoms with Gasteiger partial charge in [-0.05, 0) is 24.2 Å². The molecule has 1 rings (SSSR count). The Morgan fingerprint density at radius 3 is 2.62 bits per heavy atom. The molecule has 0 aliphatic rings. The lowest BCUT2D eigenvalue weighted by molar-refractivity contribution is 0.277. The predicted molar refractivity (Wildman–Crippen MR) is 55.9 cm³/mol. The third-order valence-electron chi connectivity index (χ3n) is 1.80. The molecular formula is C10H11NOS. The Hall–Kier alpha value is -1.02. The lowest BCUT2D eigenvalue weighted by Crippen LogP contribution is -1.97. The van der Waals surface area contributed by atoms with E-state index in [1.165, 1.54) is 0 Å². The van der Waals surface area contributed by atoms with Gasteiger partial charge in [0.2, 0.25) is 0 Å². The van der Waals surface area contributed by atoms with Crippen molar-refractivity contribution < 1.29 is 5.11 Å². The van der Waals surface area contributed by atoms with Gasteiger partial charge in [0.05, 0.1) is 11.2 Å². The van der Waals surface area contributed by atoms with Gasteiger partial charge in [-0.3, -0.25) is 0 Å². The van der Waals surface area contributed by atoms with Gasteiger partial charge in [0.15, 0.2) is 0 Å². The molecule has 0 radical (unpaired) electrons. The Labute approximate surface area is 82.9 Å². The molecule has 0 amide bonds. The van der Waals surface area contributed by atoms with Crippen LogP contribution >= 0.6 is 12.2 Å². The molecule has 2 nitrogen and oxygen atoms in total. The molecule has 1 aromatic rings. The van der Waals surface area contributed by atoms with E-state index in [2.05, 4.69) is 22.4 Å². The fourth-order valence-electron chi connectivity index (χ4n) is 1.17. The van der Waals surface area contributed by atoms with Crippen molar-refractivity contribution in [1.82, 2.24) is 0 Å². The average molecular weight is 193 g/mol.